The largest absolute Gasteiger partial charge is 0.341 e. The number of nitrogens with one attached hydrogen (secondary N) is 1. The molecule has 4 nitrogen and oxygen atoms in total. The summed E-state index contributed by atoms with van der Waals surface area (Å²) in [5.74, 6) is -0.354. The normalized spacial score (nSPS) is 12.3. The third-order valence-electron chi connectivity index (χ3n) is 4.37. The fourth-order valence-corrected chi connectivity index (χ4v) is 2.73. The maximum atomic E-state index is 12.5. The van der Waals surface area contributed by atoms with Crippen molar-refractivity contribution in [3.8, 4) is 0 Å². The van der Waals surface area contributed by atoms with Crippen molar-refractivity contribution in [3.05, 3.63) is 71.3 Å². The molecule has 0 radical (unpaired) electrons. The Bertz CT molecular complexity index is 746. The van der Waals surface area contributed by atoms with Gasteiger partial charge in [-0.1, -0.05) is 63.2 Å². The molecular weight excluding hydrogens is 324 g/mol. The molecule has 0 spiro atoms. The number of likely N-dealkylation sites (N-methyl/N-ethyl adjacent to an activating group) is 1. The lowest BCUT2D eigenvalue weighted by Crippen LogP contribution is -2.45. The highest BCUT2D eigenvalue weighted by Gasteiger charge is 2.21. The summed E-state index contributed by atoms with van der Waals surface area (Å²) in [6, 6.07) is 16.7. The van der Waals surface area contributed by atoms with E-state index in [9.17, 15) is 9.59 Å². The molecule has 0 fully saturated rings. The number of carbonyl (C=O) groups excluding carboxylic acids is 2. The van der Waals surface area contributed by atoms with Crippen molar-refractivity contribution in [2.45, 2.75) is 45.7 Å². The zero-order chi connectivity index (χ0) is 19.3. The van der Waals surface area contributed by atoms with E-state index in [0.717, 1.165) is 5.56 Å². The Balaban J connectivity index is 1.96. The van der Waals surface area contributed by atoms with E-state index in [1.807, 2.05) is 42.5 Å². The van der Waals surface area contributed by atoms with Crippen LogP contribution in [0.2, 0.25) is 0 Å². The van der Waals surface area contributed by atoms with Gasteiger partial charge >= 0.3 is 0 Å². The minimum Gasteiger partial charge on any atom is -0.341 e. The number of amides is 2. The molecule has 4 heteroatoms. The highest BCUT2D eigenvalue weighted by atomic mass is 16.2. The molecule has 2 rings (SSSR count). The van der Waals surface area contributed by atoms with Crippen LogP contribution in [0.3, 0.4) is 0 Å². The van der Waals surface area contributed by atoms with Gasteiger partial charge in [-0.3, -0.25) is 9.59 Å². The zero-order valence-corrected chi connectivity index (χ0v) is 16.2. The molecule has 0 saturated heterocycles. The van der Waals surface area contributed by atoms with E-state index in [-0.39, 0.29) is 17.2 Å². The number of hydrogen-bond donors (Lipinski definition) is 1. The SMILES string of the molecule is CC(NC(=O)c1ccc(C(C)(C)C)cc1)C(=O)N(C)Cc1ccccc1. The third kappa shape index (κ3) is 5.19. The van der Waals surface area contributed by atoms with Crippen LogP contribution in [0.4, 0.5) is 0 Å². The van der Waals surface area contributed by atoms with E-state index >= 15 is 0 Å². The minimum absolute atomic E-state index is 0.0401. The van der Waals surface area contributed by atoms with Gasteiger partial charge in [0.2, 0.25) is 5.91 Å². The summed E-state index contributed by atoms with van der Waals surface area (Å²) in [6.45, 7) is 8.62. The fourth-order valence-electron chi connectivity index (χ4n) is 2.73. The average molecular weight is 352 g/mol. The van der Waals surface area contributed by atoms with Gasteiger partial charge in [0, 0.05) is 19.2 Å². The third-order valence-corrected chi connectivity index (χ3v) is 4.37. The number of hydrogen-bond acceptors (Lipinski definition) is 2. The lowest BCUT2D eigenvalue weighted by molar-refractivity contribution is -0.132. The highest BCUT2D eigenvalue weighted by molar-refractivity contribution is 5.97. The summed E-state index contributed by atoms with van der Waals surface area (Å²) in [6.07, 6.45) is 0. The van der Waals surface area contributed by atoms with Gasteiger partial charge in [-0.15, -0.1) is 0 Å². The molecule has 2 amide bonds. The van der Waals surface area contributed by atoms with Crippen LogP contribution in [-0.2, 0) is 16.8 Å². The van der Waals surface area contributed by atoms with Crippen molar-refractivity contribution in [1.82, 2.24) is 10.2 Å². The fraction of sp³-hybridized carbons (Fsp3) is 0.364. The van der Waals surface area contributed by atoms with Gasteiger partial charge in [0.25, 0.3) is 5.91 Å². The lowest BCUT2D eigenvalue weighted by Gasteiger charge is -2.22. The van der Waals surface area contributed by atoms with Crippen molar-refractivity contribution in [2.75, 3.05) is 7.05 Å². The first kappa shape index (κ1) is 19.7. The van der Waals surface area contributed by atoms with E-state index in [4.69, 9.17) is 0 Å². The summed E-state index contributed by atoms with van der Waals surface area (Å²) >= 11 is 0. The molecule has 0 aliphatic rings. The lowest BCUT2D eigenvalue weighted by atomic mass is 9.86. The Morgan fingerprint density at radius 2 is 1.58 bits per heavy atom. The number of carbonyl (C=O) groups is 2. The van der Waals surface area contributed by atoms with E-state index in [1.54, 1.807) is 31.0 Å². The molecule has 0 aliphatic heterocycles. The second kappa shape index (κ2) is 8.17. The molecule has 1 N–H and O–H groups in total. The van der Waals surface area contributed by atoms with E-state index in [1.165, 1.54) is 5.56 Å². The van der Waals surface area contributed by atoms with Gasteiger partial charge in [0.1, 0.15) is 6.04 Å². The number of rotatable bonds is 5. The predicted octanol–water partition coefficient (Wildman–Crippen LogP) is 3.76. The molecule has 1 atom stereocenters. The molecule has 0 aromatic heterocycles. The Hall–Kier alpha value is -2.62. The molecule has 26 heavy (non-hydrogen) atoms. The van der Waals surface area contributed by atoms with Crippen LogP contribution in [0.5, 0.6) is 0 Å². The quantitative estimate of drug-likeness (QED) is 0.891. The molecule has 138 valence electrons. The Kier molecular flexibility index (Phi) is 6.19. The van der Waals surface area contributed by atoms with Crippen molar-refractivity contribution in [1.29, 1.82) is 0 Å². The first-order valence-electron chi connectivity index (χ1n) is 8.89. The topological polar surface area (TPSA) is 49.4 Å². The van der Waals surface area contributed by atoms with Gasteiger partial charge in [-0.05, 0) is 35.6 Å². The first-order chi connectivity index (χ1) is 12.2. The van der Waals surface area contributed by atoms with Crippen LogP contribution in [0.25, 0.3) is 0 Å². The molecule has 0 bridgehead atoms. The standard InChI is InChI=1S/C22H28N2O2/c1-16(21(26)24(5)15-17-9-7-6-8-10-17)23-20(25)18-11-13-19(14-12-18)22(2,3)4/h6-14,16H,15H2,1-5H3,(H,23,25). The van der Waals surface area contributed by atoms with Gasteiger partial charge in [-0.2, -0.15) is 0 Å². The molecule has 0 saturated carbocycles. The van der Waals surface area contributed by atoms with Crippen LogP contribution in [0.1, 0.15) is 49.2 Å². The van der Waals surface area contributed by atoms with E-state index < -0.39 is 6.04 Å². The molecule has 1 unspecified atom stereocenters. The van der Waals surface area contributed by atoms with Gasteiger partial charge in [-0.25, -0.2) is 0 Å². The Labute approximate surface area is 156 Å². The van der Waals surface area contributed by atoms with Gasteiger partial charge in [0.05, 0.1) is 0 Å². The Morgan fingerprint density at radius 3 is 2.12 bits per heavy atom. The minimum atomic E-state index is -0.585. The van der Waals surface area contributed by atoms with Crippen LogP contribution in [0, 0.1) is 0 Å². The number of benzene rings is 2. The average Bonchev–Trinajstić information content (AvgIpc) is 2.61. The summed E-state index contributed by atoms with van der Waals surface area (Å²) in [5.41, 5.74) is 2.82. The summed E-state index contributed by atoms with van der Waals surface area (Å²) in [7, 11) is 1.75. The van der Waals surface area contributed by atoms with Crippen molar-refractivity contribution in [3.63, 3.8) is 0 Å². The molecule has 0 aliphatic carbocycles. The molecule has 2 aromatic rings. The smallest absolute Gasteiger partial charge is 0.251 e. The van der Waals surface area contributed by atoms with E-state index in [2.05, 4.69) is 26.1 Å². The summed E-state index contributed by atoms with van der Waals surface area (Å²) in [5, 5.41) is 2.79. The molecular formula is C22H28N2O2. The monoisotopic (exact) mass is 352 g/mol. The van der Waals surface area contributed by atoms with Gasteiger partial charge in [0.15, 0.2) is 0 Å². The first-order valence-corrected chi connectivity index (χ1v) is 8.89. The summed E-state index contributed by atoms with van der Waals surface area (Å²) < 4.78 is 0. The molecule has 0 heterocycles. The second-order valence-electron chi connectivity index (χ2n) is 7.70. The van der Waals surface area contributed by atoms with Crippen molar-refractivity contribution < 1.29 is 9.59 Å². The van der Waals surface area contributed by atoms with Crippen LogP contribution in [0.15, 0.2) is 54.6 Å². The van der Waals surface area contributed by atoms with Crippen LogP contribution in [-0.4, -0.2) is 29.8 Å². The van der Waals surface area contributed by atoms with Crippen molar-refractivity contribution >= 4 is 11.8 Å². The maximum absolute atomic E-state index is 12.5. The number of nitrogens with zero attached hydrogens (tertiary/aromatic N) is 1. The summed E-state index contributed by atoms with van der Waals surface area (Å²) in [4.78, 5) is 26.6. The zero-order valence-electron chi connectivity index (χ0n) is 16.2. The molecule has 2 aromatic carbocycles. The maximum Gasteiger partial charge on any atom is 0.251 e. The predicted molar refractivity (Wildman–Crippen MR) is 105 cm³/mol. The second-order valence-corrected chi connectivity index (χ2v) is 7.70. The Morgan fingerprint density at radius 1 is 1.00 bits per heavy atom. The van der Waals surface area contributed by atoms with Crippen LogP contribution >= 0.6 is 0 Å². The van der Waals surface area contributed by atoms with Gasteiger partial charge < -0.3 is 10.2 Å². The van der Waals surface area contributed by atoms with Crippen LogP contribution < -0.4 is 5.32 Å². The van der Waals surface area contributed by atoms with Crippen molar-refractivity contribution in [2.24, 2.45) is 0 Å². The van der Waals surface area contributed by atoms with E-state index in [0.29, 0.717) is 12.1 Å². The highest BCUT2D eigenvalue weighted by Crippen LogP contribution is 2.22.